The van der Waals surface area contributed by atoms with Gasteiger partial charge in [-0.1, -0.05) is 141 Å². The smallest absolute Gasteiger partial charge is 0.235 e. The van der Waals surface area contributed by atoms with Crippen LogP contribution in [-0.2, 0) is 5.41 Å². The molecule has 0 radical (unpaired) electrons. The third kappa shape index (κ3) is 3.59. The Bertz CT molecular complexity index is 3950. The average molecular weight is 741 g/mol. The summed E-state index contributed by atoms with van der Waals surface area (Å²) in [4.78, 5) is 11.4. The molecule has 13 aromatic rings. The minimum atomic E-state index is -0.350. The van der Waals surface area contributed by atoms with Crippen LogP contribution in [0.4, 0.5) is 0 Å². The van der Waals surface area contributed by atoms with Crippen molar-refractivity contribution < 1.29 is 4.42 Å². The third-order valence-corrected chi connectivity index (χ3v) is 13.2. The molecule has 5 heteroatoms. The number of rotatable bonds is 2. The van der Waals surface area contributed by atoms with Crippen molar-refractivity contribution in [1.29, 1.82) is 0 Å². The van der Waals surface area contributed by atoms with Crippen molar-refractivity contribution in [3.8, 4) is 28.5 Å². The van der Waals surface area contributed by atoms with Crippen molar-refractivity contribution in [3.63, 3.8) is 0 Å². The minimum absolute atomic E-state index is 0.350. The van der Waals surface area contributed by atoms with Gasteiger partial charge in [0.2, 0.25) is 5.95 Å². The van der Waals surface area contributed by atoms with Crippen LogP contribution in [0, 0.1) is 0 Å². The van der Waals surface area contributed by atoms with E-state index in [9.17, 15) is 0 Å². The van der Waals surface area contributed by atoms with Crippen LogP contribution in [0.3, 0.4) is 0 Å². The van der Waals surface area contributed by atoms with Gasteiger partial charge in [-0.15, -0.1) is 0 Å². The summed E-state index contributed by atoms with van der Waals surface area (Å²) in [6.07, 6.45) is 0. The number of para-hydroxylation sites is 4. The molecule has 0 amide bonds. The van der Waals surface area contributed by atoms with Gasteiger partial charge in [-0.2, -0.15) is 0 Å². The molecular weight excluding hydrogens is 709 g/mol. The van der Waals surface area contributed by atoms with E-state index in [0.29, 0.717) is 5.95 Å². The Morgan fingerprint density at radius 2 is 1.10 bits per heavy atom. The van der Waals surface area contributed by atoms with Crippen molar-refractivity contribution in [2.45, 2.75) is 19.3 Å². The number of aromatic nitrogens is 4. The van der Waals surface area contributed by atoms with Crippen molar-refractivity contribution in [2.75, 3.05) is 0 Å². The van der Waals surface area contributed by atoms with Crippen LogP contribution in [0.5, 0.6) is 0 Å². The van der Waals surface area contributed by atoms with Crippen molar-refractivity contribution >= 4 is 92.6 Å². The predicted molar refractivity (Wildman–Crippen MR) is 239 cm³/mol. The molecule has 270 valence electrons. The van der Waals surface area contributed by atoms with E-state index in [1.54, 1.807) is 0 Å². The predicted octanol–water partition coefficient (Wildman–Crippen LogP) is 13.7. The van der Waals surface area contributed by atoms with Crippen molar-refractivity contribution in [1.82, 2.24) is 18.9 Å². The number of hydrogen-bond donors (Lipinski definition) is 0. The standard InChI is InChI=1S/C53H32N4O/c1-53(2)39-22-8-5-17-35(39)47-46(53)48(38-21-12-19-34-32-16-7-10-24-43(32)58-51(34)38)55-52(54-47)57-42-28-27-41-44(45(42)37-26-25-29-13-3-4-14-30(29)49(37)57)36-20-11-18-33-31-15-6-9-23-40(31)56(41)50(33)36/h3-28H,1-2H3. The second-order valence-corrected chi connectivity index (χ2v) is 16.5. The summed E-state index contributed by atoms with van der Waals surface area (Å²) < 4.78 is 11.5. The zero-order valence-electron chi connectivity index (χ0n) is 31.7. The normalized spacial score (nSPS) is 13.8. The molecule has 0 saturated carbocycles. The van der Waals surface area contributed by atoms with Crippen LogP contribution in [0.15, 0.2) is 162 Å². The lowest BCUT2D eigenvalue weighted by Gasteiger charge is -2.24. The Morgan fingerprint density at radius 3 is 2.02 bits per heavy atom. The molecule has 0 unspecified atom stereocenters. The number of nitrogens with zero attached hydrogens (tertiary/aromatic N) is 4. The summed E-state index contributed by atoms with van der Waals surface area (Å²) in [6, 6.07) is 56.9. The molecule has 5 heterocycles. The Labute approximate surface area is 331 Å². The highest BCUT2D eigenvalue weighted by Gasteiger charge is 2.41. The van der Waals surface area contributed by atoms with E-state index in [1.165, 1.54) is 59.8 Å². The lowest BCUT2D eigenvalue weighted by molar-refractivity contribution is 0.654. The van der Waals surface area contributed by atoms with Gasteiger partial charge in [-0.3, -0.25) is 4.57 Å². The summed E-state index contributed by atoms with van der Waals surface area (Å²) >= 11 is 0. The molecule has 5 nitrogen and oxygen atoms in total. The van der Waals surface area contributed by atoms with E-state index in [4.69, 9.17) is 14.4 Å². The second-order valence-electron chi connectivity index (χ2n) is 16.5. The summed E-state index contributed by atoms with van der Waals surface area (Å²) in [7, 11) is 0. The molecule has 0 spiro atoms. The van der Waals surface area contributed by atoms with Gasteiger partial charge in [0.25, 0.3) is 0 Å². The molecule has 0 saturated heterocycles. The third-order valence-electron chi connectivity index (χ3n) is 13.2. The van der Waals surface area contributed by atoms with E-state index < -0.39 is 0 Å². The number of hydrogen-bond acceptors (Lipinski definition) is 3. The minimum Gasteiger partial charge on any atom is -0.455 e. The lowest BCUT2D eigenvalue weighted by Crippen LogP contribution is -2.18. The highest BCUT2D eigenvalue weighted by atomic mass is 16.3. The van der Waals surface area contributed by atoms with Gasteiger partial charge in [0.05, 0.1) is 39.0 Å². The molecule has 0 bridgehead atoms. The average Bonchev–Trinajstić information content (AvgIpc) is 4.05. The number of fused-ring (bicyclic) bond motifs is 18. The van der Waals surface area contributed by atoms with Crippen LogP contribution in [-0.4, -0.2) is 18.9 Å². The maximum absolute atomic E-state index is 6.73. The Balaban J connectivity index is 1.18. The SMILES string of the molecule is CC1(C)c2ccccc2-c2nc(-n3c4ccc5c(c6cccc7c8ccccc8n5c76)c4c4ccc5ccccc5c43)nc(-c3cccc4c3oc3ccccc34)c21. The quantitative estimate of drug-likeness (QED) is 0.177. The van der Waals surface area contributed by atoms with Crippen LogP contribution in [0.25, 0.3) is 121 Å². The number of benzene rings is 8. The fraction of sp³-hybridized carbons (Fsp3) is 0.0566. The number of furan rings is 1. The first-order valence-electron chi connectivity index (χ1n) is 20.0. The maximum atomic E-state index is 6.73. The first-order valence-corrected chi connectivity index (χ1v) is 20.0. The Hall–Kier alpha value is -7.50. The topological polar surface area (TPSA) is 48.3 Å². The highest BCUT2D eigenvalue weighted by molar-refractivity contribution is 6.34. The molecule has 58 heavy (non-hydrogen) atoms. The maximum Gasteiger partial charge on any atom is 0.235 e. The first kappa shape index (κ1) is 30.7. The van der Waals surface area contributed by atoms with Gasteiger partial charge in [0.1, 0.15) is 11.2 Å². The molecule has 1 aliphatic rings. The molecule has 1 aliphatic carbocycles. The molecule has 0 N–H and O–H groups in total. The van der Waals surface area contributed by atoms with Gasteiger partial charge < -0.3 is 8.82 Å². The van der Waals surface area contributed by atoms with Crippen LogP contribution >= 0.6 is 0 Å². The van der Waals surface area contributed by atoms with Gasteiger partial charge in [-0.25, -0.2) is 9.97 Å². The van der Waals surface area contributed by atoms with Crippen LogP contribution < -0.4 is 0 Å². The fourth-order valence-corrected chi connectivity index (χ4v) is 10.8. The van der Waals surface area contributed by atoms with Crippen LogP contribution in [0.2, 0.25) is 0 Å². The largest absolute Gasteiger partial charge is 0.455 e. The molecule has 5 aromatic heterocycles. The zero-order valence-corrected chi connectivity index (χ0v) is 31.7. The van der Waals surface area contributed by atoms with E-state index >= 15 is 0 Å². The second kappa shape index (κ2) is 10.5. The first-order chi connectivity index (χ1) is 28.6. The van der Waals surface area contributed by atoms with Gasteiger partial charge in [-0.05, 0) is 41.3 Å². The lowest BCUT2D eigenvalue weighted by atomic mass is 9.80. The molecule has 0 aliphatic heterocycles. The van der Waals surface area contributed by atoms with Crippen molar-refractivity contribution in [2.24, 2.45) is 0 Å². The summed E-state index contributed by atoms with van der Waals surface area (Å²) in [5.41, 5.74) is 13.6. The highest BCUT2D eigenvalue weighted by Crippen LogP contribution is 2.53. The molecular formula is C53H32N4O. The van der Waals surface area contributed by atoms with Gasteiger partial charge in [0.15, 0.2) is 0 Å². The fourth-order valence-electron chi connectivity index (χ4n) is 10.8. The summed E-state index contributed by atoms with van der Waals surface area (Å²) in [5.74, 6) is 0.645. The molecule has 14 rings (SSSR count). The van der Waals surface area contributed by atoms with E-state index in [-0.39, 0.29) is 5.41 Å². The van der Waals surface area contributed by atoms with E-state index in [2.05, 4.69) is 174 Å². The summed E-state index contributed by atoms with van der Waals surface area (Å²) in [5, 5.41) is 12.0. The van der Waals surface area contributed by atoms with Crippen molar-refractivity contribution in [3.05, 3.63) is 169 Å². The summed E-state index contributed by atoms with van der Waals surface area (Å²) in [6.45, 7) is 4.61. The zero-order chi connectivity index (χ0) is 38.0. The van der Waals surface area contributed by atoms with Crippen LogP contribution in [0.1, 0.15) is 25.0 Å². The molecule has 0 atom stereocenters. The Kier molecular flexibility index (Phi) is 5.53. The van der Waals surface area contributed by atoms with Gasteiger partial charge in [0, 0.05) is 70.6 Å². The van der Waals surface area contributed by atoms with E-state index in [0.717, 1.165) is 66.4 Å². The van der Waals surface area contributed by atoms with E-state index in [1.807, 2.05) is 6.07 Å². The monoisotopic (exact) mass is 740 g/mol. The molecule has 0 fully saturated rings. The van der Waals surface area contributed by atoms with Gasteiger partial charge >= 0.3 is 0 Å². The Morgan fingerprint density at radius 1 is 0.466 bits per heavy atom. The molecule has 8 aromatic carbocycles.